The highest BCUT2D eigenvalue weighted by atomic mass is 16.5. The third-order valence-electron chi connectivity index (χ3n) is 18.9. The van der Waals surface area contributed by atoms with Crippen LogP contribution in [0.15, 0.2) is 313 Å². The third-order valence-corrected chi connectivity index (χ3v) is 18.9. The average Bonchev–Trinajstić information content (AvgIpc) is 1.06. The second kappa shape index (κ2) is 28.4. The van der Waals surface area contributed by atoms with Crippen LogP contribution in [0.2, 0.25) is 0 Å². The van der Waals surface area contributed by atoms with Crippen LogP contribution < -0.4 is 19.3 Å². The lowest BCUT2D eigenvalue weighted by molar-refractivity contribution is 0.477. The Morgan fingerprint density at radius 2 is 0.882 bits per heavy atom. The van der Waals surface area contributed by atoms with Gasteiger partial charge in [-0.05, 0) is 232 Å². The average molecular weight is 1330 g/mol. The first-order valence-corrected chi connectivity index (χ1v) is 34.9. The molecule has 102 heavy (non-hydrogen) atoms. The van der Waals surface area contributed by atoms with Crippen LogP contribution in [0.5, 0.6) is 23.0 Å². The number of rotatable bonds is 19. The molecule has 2 heterocycles. The van der Waals surface area contributed by atoms with Crippen molar-refractivity contribution in [3.63, 3.8) is 0 Å². The Labute approximate surface area is 597 Å². The van der Waals surface area contributed by atoms with Crippen LogP contribution in [-0.2, 0) is 23.7 Å². The van der Waals surface area contributed by atoms with Crippen molar-refractivity contribution in [3.8, 4) is 102 Å². The van der Waals surface area contributed by atoms with E-state index in [0.717, 1.165) is 104 Å². The monoisotopic (exact) mass is 1330 g/mol. The number of nitrogens with zero attached hydrogens (tertiary/aromatic N) is 6. The van der Waals surface area contributed by atoms with Crippen molar-refractivity contribution in [1.82, 2.24) is 20.4 Å². The minimum absolute atomic E-state index is 0.0154. The van der Waals surface area contributed by atoms with Gasteiger partial charge in [-0.3, -0.25) is 0 Å². The zero-order valence-corrected chi connectivity index (χ0v) is 58.2. The molecule has 500 valence electrons. The molecular formula is C92H78N6O4. The number of aryl methyl sites for hydroxylation is 1. The van der Waals surface area contributed by atoms with Crippen molar-refractivity contribution >= 4 is 34.5 Å². The molecule has 0 spiro atoms. The number of aromatic nitrogens is 4. The molecule has 2 aliphatic rings. The fourth-order valence-corrected chi connectivity index (χ4v) is 13.3. The van der Waals surface area contributed by atoms with E-state index in [1.54, 1.807) is 6.08 Å². The topological polar surface area (TPSA) is 103 Å². The summed E-state index contributed by atoms with van der Waals surface area (Å²) in [4.78, 5) is 4.64. The zero-order valence-electron chi connectivity index (χ0n) is 58.2. The number of hydrogen-bond donors (Lipinski definition) is 0. The largest absolute Gasteiger partial charge is 0.457 e. The Bertz CT molecular complexity index is 5280. The SMILES string of the molecule is C=C/C=C\C=C\N(C1=CCCc2ccccc21)c1ccc(-c2ccc(-c3ccc(-c4ccc(N(c5ccccc5)c5cccc6c5CCC=C6)cc4)cc3Oc3ccc(-c4nnc(-c5ccc(C(C)(C)C)cc5)o4)cc3)c(Oc3ccc(-c4nnc(-c5ccc(C(C)(C)C)cc5)o4)cc3)c2)cc1. The van der Waals surface area contributed by atoms with Crippen LogP contribution in [0.25, 0.3) is 91.0 Å². The molecule has 2 aliphatic carbocycles. The summed E-state index contributed by atoms with van der Waals surface area (Å²) in [6.07, 6.45) is 20.7. The van der Waals surface area contributed by atoms with Crippen molar-refractivity contribution < 1.29 is 18.3 Å². The van der Waals surface area contributed by atoms with Gasteiger partial charge in [0.25, 0.3) is 0 Å². The minimum atomic E-state index is 0.0154. The summed E-state index contributed by atoms with van der Waals surface area (Å²) in [6.45, 7) is 17.1. The number of hydrogen-bond acceptors (Lipinski definition) is 10. The van der Waals surface area contributed by atoms with Gasteiger partial charge in [-0.2, -0.15) is 0 Å². The van der Waals surface area contributed by atoms with Gasteiger partial charge in [-0.1, -0.05) is 200 Å². The lowest BCUT2D eigenvalue weighted by atomic mass is 9.87. The molecule has 15 rings (SSSR count). The summed E-state index contributed by atoms with van der Waals surface area (Å²) in [7, 11) is 0. The second-order valence-electron chi connectivity index (χ2n) is 27.8. The number of anilines is 4. The molecule has 0 N–H and O–H groups in total. The van der Waals surface area contributed by atoms with Crippen LogP contribution in [0.4, 0.5) is 22.7 Å². The molecule has 2 aromatic heterocycles. The fraction of sp³-hybridized carbons (Fsp3) is 0.130. The van der Waals surface area contributed by atoms with Crippen molar-refractivity contribution in [1.29, 1.82) is 0 Å². The molecule has 10 nitrogen and oxygen atoms in total. The molecule has 11 aromatic carbocycles. The Morgan fingerprint density at radius 1 is 0.412 bits per heavy atom. The van der Waals surface area contributed by atoms with Gasteiger partial charge in [0.1, 0.15) is 23.0 Å². The molecule has 0 amide bonds. The van der Waals surface area contributed by atoms with Crippen molar-refractivity contribution in [2.45, 2.75) is 78.1 Å². The molecule has 0 fully saturated rings. The van der Waals surface area contributed by atoms with E-state index in [2.05, 4.69) is 291 Å². The van der Waals surface area contributed by atoms with Crippen molar-refractivity contribution in [2.24, 2.45) is 0 Å². The molecule has 0 saturated carbocycles. The van der Waals surface area contributed by atoms with Crippen molar-refractivity contribution in [3.05, 3.63) is 337 Å². The highest BCUT2D eigenvalue weighted by Gasteiger charge is 2.24. The van der Waals surface area contributed by atoms with Crippen molar-refractivity contribution in [2.75, 3.05) is 9.80 Å². The summed E-state index contributed by atoms with van der Waals surface area (Å²) in [5.41, 5.74) is 22.0. The van der Waals surface area contributed by atoms with Crippen LogP contribution in [-0.4, -0.2) is 20.4 Å². The normalized spacial score (nSPS) is 12.8. The number of benzene rings is 11. The van der Waals surface area contributed by atoms with Gasteiger partial charge in [0.2, 0.25) is 23.6 Å². The predicted octanol–water partition coefficient (Wildman–Crippen LogP) is 24.8. The number of allylic oxidation sites excluding steroid dienone is 6. The smallest absolute Gasteiger partial charge is 0.248 e. The van der Waals surface area contributed by atoms with E-state index in [1.807, 2.05) is 84.9 Å². The first-order chi connectivity index (χ1) is 49.7. The molecule has 0 aliphatic heterocycles. The Hall–Kier alpha value is -12.4. The highest BCUT2D eigenvalue weighted by Crippen LogP contribution is 2.47. The molecule has 0 unspecified atom stereocenters. The summed E-state index contributed by atoms with van der Waals surface area (Å²) < 4.78 is 26.9. The molecule has 0 bridgehead atoms. The van der Waals surface area contributed by atoms with E-state index in [1.165, 1.54) is 39.1 Å². The summed E-state index contributed by atoms with van der Waals surface area (Å²) in [5, 5.41) is 17.9. The molecule has 0 saturated heterocycles. The van der Waals surface area contributed by atoms with Gasteiger partial charge in [0.05, 0.1) is 0 Å². The van der Waals surface area contributed by atoms with Crippen LogP contribution in [0, 0.1) is 0 Å². The molecule has 10 heteroatoms. The Balaban J connectivity index is 0.808. The Morgan fingerprint density at radius 3 is 1.40 bits per heavy atom. The van der Waals surface area contributed by atoms with Gasteiger partial charge in [-0.25, -0.2) is 0 Å². The second-order valence-corrected chi connectivity index (χ2v) is 27.8. The van der Waals surface area contributed by atoms with Crippen LogP contribution >= 0.6 is 0 Å². The molecule has 13 aromatic rings. The number of fused-ring (bicyclic) bond motifs is 2. The number of ether oxygens (including phenoxy) is 2. The third kappa shape index (κ3) is 14.1. The maximum Gasteiger partial charge on any atom is 0.248 e. The molecular weight excluding hydrogens is 1250 g/mol. The summed E-state index contributed by atoms with van der Waals surface area (Å²) in [6, 6.07) is 88.5. The van der Waals surface area contributed by atoms with E-state index in [-0.39, 0.29) is 10.8 Å². The molecule has 0 atom stereocenters. The lowest BCUT2D eigenvalue weighted by Gasteiger charge is -2.29. The van der Waals surface area contributed by atoms with E-state index in [4.69, 9.17) is 18.3 Å². The van der Waals surface area contributed by atoms with Gasteiger partial charge in [-0.15, -0.1) is 20.4 Å². The zero-order chi connectivity index (χ0) is 69.7. The molecule has 0 radical (unpaired) electrons. The maximum absolute atomic E-state index is 7.17. The van der Waals surface area contributed by atoms with Gasteiger partial charge in [0.15, 0.2) is 0 Å². The lowest BCUT2D eigenvalue weighted by Crippen LogP contribution is -2.17. The first-order valence-electron chi connectivity index (χ1n) is 34.9. The van der Waals surface area contributed by atoms with Crippen LogP contribution in [0.1, 0.15) is 87.8 Å². The standard InChI is InChI=1S/C92H78N6O4/c1-8-9-10-18-59-97(83-29-19-23-64-21-14-16-27-79(64)83)74-49-35-62(36-50-74)70-43-57-81(85(60-70)99-77-53-39-68(40-54-77)89-95-93-87(101-89)66-31-45-72(46-32-66)91(2,3)4)82-58-44-71(63-37-51-76(52-38-63)98(75-25-12-11-13-26-75)84-30-20-24-65-22-15-17-28-80(65)84)61-86(82)100-78-55-41-69(42-56-78)90-96-94-88(102-90)67-33-47-73(48-34-67)92(5,6)7/h8-16,18,20-22,24-27,29-61H,1,17,19,23,28H2,2-7H3/b10-9-,59-18+. The first kappa shape index (κ1) is 65.5. The summed E-state index contributed by atoms with van der Waals surface area (Å²) >= 11 is 0. The van der Waals surface area contributed by atoms with Gasteiger partial charge < -0.3 is 28.1 Å². The van der Waals surface area contributed by atoms with E-state index in [0.29, 0.717) is 46.6 Å². The van der Waals surface area contributed by atoms with E-state index in [9.17, 15) is 0 Å². The summed E-state index contributed by atoms with van der Waals surface area (Å²) in [5.74, 6) is 4.16. The van der Waals surface area contributed by atoms with Gasteiger partial charge >= 0.3 is 0 Å². The number of para-hydroxylation sites is 1. The fourth-order valence-electron chi connectivity index (χ4n) is 13.3. The van der Waals surface area contributed by atoms with Gasteiger partial charge in [0, 0.05) is 73.6 Å². The van der Waals surface area contributed by atoms with Crippen LogP contribution in [0.3, 0.4) is 0 Å². The quantitative estimate of drug-likeness (QED) is 0.0727. The van der Waals surface area contributed by atoms with E-state index < -0.39 is 0 Å². The van der Waals surface area contributed by atoms with E-state index >= 15 is 0 Å². The minimum Gasteiger partial charge on any atom is -0.457 e. The maximum atomic E-state index is 7.17. The predicted molar refractivity (Wildman–Crippen MR) is 416 cm³/mol. The highest BCUT2D eigenvalue weighted by molar-refractivity contribution is 5.88. The Kier molecular flexibility index (Phi) is 18.3.